The molecule has 0 saturated carbocycles. The maximum absolute atomic E-state index is 12.2. The summed E-state index contributed by atoms with van der Waals surface area (Å²) in [5, 5.41) is 0. The fourth-order valence-electron chi connectivity index (χ4n) is 2.03. The van der Waals surface area contributed by atoms with Gasteiger partial charge in [-0.3, -0.25) is 14.7 Å². The van der Waals surface area contributed by atoms with Crippen LogP contribution in [0.5, 0.6) is 0 Å². The SMILES string of the molecule is O=C(c1cccnc1)N1CCN(CC(F)(F)F)CC1. The van der Waals surface area contributed by atoms with Crippen LogP contribution in [0, 0.1) is 0 Å². The van der Waals surface area contributed by atoms with Gasteiger partial charge in [-0.05, 0) is 12.1 Å². The largest absolute Gasteiger partial charge is 0.401 e. The summed E-state index contributed by atoms with van der Waals surface area (Å²) in [6.45, 7) is 0.187. The van der Waals surface area contributed by atoms with Crippen molar-refractivity contribution in [2.24, 2.45) is 0 Å². The fraction of sp³-hybridized carbons (Fsp3) is 0.500. The van der Waals surface area contributed by atoms with Crippen molar-refractivity contribution < 1.29 is 18.0 Å². The first-order chi connectivity index (χ1) is 8.96. The number of rotatable bonds is 2. The lowest BCUT2D eigenvalue weighted by Crippen LogP contribution is -2.50. The number of hydrogen-bond donors (Lipinski definition) is 0. The molecule has 1 amide bonds. The normalized spacial score (nSPS) is 17.5. The summed E-state index contributed by atoms with van der Waals surface area (Å²) in [6.07, 6.45) is -1.15. The van der Waals surface area contributed by atoms with Crippen molar-refractivity contribution in [3.05, 3.63) is 30.1 Å². The minimum absolute atomic E-state index is 0.181. The zero-order valence-corrected chi connectivity index (χ0v) is 10.2. The van der Waals surface area contributed by atoms with E-state index in [0.29, 0.717) is 18.7 Å². The predicted molar refractivity (Wildman–Crippen MR) is 62.6 cm³/mol. The number of carbonyl (C=O) groups is 1. The van der Waals surface area contributed by atoms with Crippen LogP contribution in [0.15, 0.2) is 24.5 Å². The highest BCUT2D eigenvalue weighted by Gasteiger charge is 2.32. The number of amides is 1. The van der Waals surface area contributed by atoms with Crippen molar-refractivity contribution in [1.29, 1.82) is 0 Å². The van der Waals surface area contributed by atoms with E-state index in [1.165, 1.54) is 11.1 Å². The van der Waals surface area contributed by atoms with Gasteiger partial charge < -0.3 is 4.90 Å². The van der Waals surface area contributed by atoms with Gasteiger partial charge in [0.15, 0.2) is 0 Å². The lowest BCUT2D eigenvalue weighted by Gasteiger charge is -2.34. The van der Waals surface area contributed by atoms with Gasteiger partial charge in [-0.15, -0.1) is 0 Å². The summed E-state index contributed by atoms with van der Waals surface area (Å²) in [5.74, 6) is -0.181. The summed E-state index contributed by atoms with van der Waals surface area (Å²) in [5.41, 5.74) is 0.465. The van der Waals surface area contributed by atoms with E-state index in [9.17, 15) is 18.0 Å². The first-order valence-electron chi connectivity index (χ1n) is 5.94. The molecular formula is C12H14F3N3O. The lowest BCUT2D eigenvalue weighted by molar-refractivity contribution is -0.148. The number of hydrogen-bond acceptors (Lipinski definition) is 3. The smallest absolute Gasteiger partial charge is 0.336 e. The third-order valence-electron chi connectivity index (χ3n) is 2.97. The van der Waals surface area contributed by atoms with E-state index in [-0.39, 0.29) is 19.0 Å². The highest BCUT2D eigenvalue weighted by molar-refractivity contribution is 5.93. The Kier molecular flexibility index (Phi) is 4.04. The van der Waals surface area contributed by atoms with E-state index in [2.05, 4.69) is 4.98 Å². The molecule has 0 radical (unpaired) electrons. The van der Waals surface area contributed by atoms with E-state index in [4.69, 9.17) is 0 Å². The molecule has 0 N–H and O–H groups in total. The number of aromatic nitrogens is 1. The molecule has 0 aromatic carbocycles. The van der Waals surface area contributed by atoms with Crippen molar-refractivity contribution in [3.63, 3.8) is 0 Å². The Labute approximate surface area is 108 Å². The second-order valence-corrected chi connectivity index (χ2v) is 4.43. The quantitative estimate of drug-likeness (QED) is 0.817. The second kappa shape index (κ2) is 5.56. The maximum Gasteiger partial charge on any atom is 0.401 e. The summed E-state index contributed by atoms with van der Waals surface area (Å²) < 4.78 is 36.7. The van der Waals surface area contributed by atoms with Crippen LogP contribution >= 0.6 is 0 Å². The third-order valence-corrected chi connectivity index (χ3v) is 2.97. The molecule has 0 aliphatic carbocycles. The molecule has 104 valence electrons. The Bertz CT molecular complexity index is 428. The van der Waals surface area contributed by atoms with Crippen molar-refractivity contribution in [2.45, 2.75) is 6.18 Å². The van der Waals surface area contributed by atoms with Gasteiger partial charge in [0.2, 0.25) is 0 Å². The average molecular weight is 273 g/mol. The Morgan fingerprint density at radius 3 is 2.47 bits per heavy atom. The van der Waals surface area contributed by atoms with Crippen LogP contribution in [0.3, 0.4) is 0 Å². The standard InChI is InChI=1S/C12H14F3N3O/c13-12(14,15)9-17-4-6-18(7-5-17)11(19)10-2-1-3-16-8-10/h1-3,8H,4-7,9H2. The minimum atomic E-state index is -4.18. The number of nitrogens with zero attached hydrogens (tertiary/aromatic N) is 3. The van der Waals surface area contributed by atoms with E-state index in [1.54, 1.807) is 23.2 Å². The van der Waals surface area contributed by atoms with Crippen LogP contribution in [0.2, 0.25) is 0 Å². The summed E-state index contributed by atoms with van der Waals surface area (Å²) in [4.78, 5) is 18.8. The Morgan fingerprint density at radius 2 is 1.95 bits per heavy atom. The Hall–Kier alpha value is -1.63. The number of alkyl halides is 3. The van der Waals surface area contributed by atoms with Gasteiger partial charge in [0.05, 0.1) is 12.1 Å². The molecule has 2 rings (SSSR count). The van der Waals surface area contributed by atoms with Crippen LogP contribution in [0.25, 0.3) is 0 Å². The molecule has 0 atom stereocenters. The van der Waals surface area contributed by atoms with E-state index < -0.39 is 12.7 Å². The Morgan fingerprint density at radius 1 is 1.26 bits per heavy atom. The van der Waals surface area contributed by atoms with Gasteiger partial charge in [-0.1, -0.05) is 0 Å². The van der Waals surface area contributed by atoms with Crippen molar-refractivity contribution in [3.8, 4) is 0 Å². The molecular weight excluding hydrogens is 259 g/mol. The molecule has 0 spiro atoms. The van der Waals surface area contributed by atoms with Crippen LogP contribution in [0.1, 0.15) is 10.4 Å². The average Bonchev–Trinajstić information content (AvgIpc) is 2.38. The molecule has 0 unspecified atom stereocenters. The van der Waals surface area contributed by atoms with Gasteiger partial charge in [0.25, 0.3) is 5.91 Å². The molecule has 19 heavy (non-hydrogen) atoms. The van der Waals surface area contributed by atoms with Gasteiger partial charge in [-0.2, -0.15) is 13.2 Å². The summed E-state index contributed by atoms with van der Waals surface area (Å²) in [7, 11) is 0. The number of piperazine rings is 1. The maximum atomic E-state index is 12.2. The molecule has 0 bridgehead atoms. The fourth-order valence-corrected chi connectivity index (χ4v) is 2.03. The molecule has 1 aliphatic heterocycles. The van der Waals surface area contributed by atoms with E-state index in [1.807, 2.05) is 0 Å². The number of pyridine rings is 1. The Balaban J connectivity index is 1.88. The second-order valence-electron chi connectivity index (χ2n) is 4.43. The topological polar surface area (TPSA) is 36.4 Å². The summed E-state index contributed by atoms with van der Waals surface area (Å²) >= 11 is 0. The van der Waals surface area contributed by atoms with Crippen LogP contribution < -0.4 is 0 Å². The molecule has 4 nitrogen and oxygen atoms in total. The molecule has 2 heterocycles. The number of carbonyl (C=O) groups excluding carboxylic acids is 1. The molecule has 1 saturated heterocycles. The number of halogens is 3. The zero-order valence-electron chi connectivity index (χ0n) is 10.2. The first-order valence-corrected chi connectivity index (χ1v) is 5.94. The van der Waals surface area contributed by atoms with Crippen LogP contribution in [-0.2, 0) is 0 Å². The predicted octanol–water partition coefficient (Wildman–Crippen LogP) is 1.40. The van der Waals surface area contributed by atoms with Gasteiger partial charge in [-0.25, -0.2) is 0 Å². The first kappa shape index (κ1) is 13.8. The molecule has 7 heteroatoms. The highest BCUT2D eigenvalue weighted by Crippen LogP contribution is 2.18. The monoisotopic (exact) mass is 273 g/mol. The van der Waals surface area contributed by atoms with Gasteiger partial charge >= 0.3 is 6.18 Å². The molecule has 1 aromatic rings. The van der Waals surface area contributed by atoms with Crippen molar-refractivity contribution >= 4 is 5.91 Å². The van der Waals surface area contributed by atoms with E-state index in [0.717, 1.165) is 0 Å². The van der Waals surface area contributed by atoms with Crippen LogP contribution in [-0.4, -0.2) is 59.6 Å². The minimum Gasteiger partial charge on any atom is -0.336 e. The van der Waals surface area contributed by atoms with Crippen molar-refractivity contribution in [1.82, 2.24) is 14.8 Å². The zero-order chi connectivity index (χ0) is 13.9. The molecule has 1 fully saturated rings. The van der Waals surface area contributed by atoms with Crippen LogP contribution in [0.4, 0.5) is 13.2 Å². The third kappa shape index (κ3) is 3.92. The van der Waals surface area contributed by atoms with Crippen molar-refractivity contribution in [2.75, 3.05) is 32.7 Å². The van der Waals surface area contributed by atoms with E-state index >= 15 is 0 Å². The highest BCUT2D eigenvalue weighted by atomic mass is 19.4. The summed E-state index contributed by atoms with van der Waals surface area (Å²) in [6, 6.07) is 3.31. The molecule has 1 aliphatic rings. The molecule has 1 aromatic heterocycles. The lowest BCUT2D eigenvalue weighted by atomic mass is 10.2. The van der Waals surface area contributed by atoms with Gasteiger partial charge in [0, 0.05) is 38.6 Å². The van der Waals surface area contributed by atoms with Gasteiger partial charge in [0.1, 0.15) is 0 Å².